The lowest BCUT2D eigenvalue weighted by atomic mass is 10.1. The third-order valence-corrected chi connectivity index (χ3v) is 5.38. The van der Waals surface area contributed by atoms with Crippen molar-refractivity contribution in [3.05, 3.63) is 0 Å². The van der Waals surface area contributed by atoms with Crippen LogP contribution in [0.15, 0.2) is 0 Å². The second kappa shape index (κ2) is 13.0. The number of aliphatic carboxylic acids is 1. The Balaban J connectivity index is 3.06. The second-order valence-electron chi connectivity index (χ2n) is 8.49. The number of hydrogen-bond donors (Lipinski definition) is 5. The van der Waals surface area contributed by atoms with Crippen molar-refractivity contribution in [1.29, 1.82) is 5.41 Å². The van der Waals surface area contributed by atoms with Gasteiger partial charge in [-0.3, -0.25) is 19.8 Å². The average molecular weight is 504 g/mol. The quantitative estimate of drug-likeness (QED) is 0.201. The summed E-state index contributed by atoms with van der Waals surface area (Å²) in [5.74, 6) is -3.73. The van der Waals surface area contributed by atoms with Crippen LogP contribution in [0.5, 0.6) is 0 Å². The summed E-state index contributed by atoms with van der Waals surface area (Å²) in [5, 5.41) is 21.7. The van der Waals surface area contributed by atoms with Gasteiger partial charge in [0, 0.05) is 12.3 Å². The van der Waals surface area contributed by atoms with Crippen molar-refractivity contribution in [2.75, 3.05) is 18.9 Å². The van der Waals surface area contributed by atoms with Crippen LogP contribution in [0.25, 0.3) is 0 Å². The van der Waals surface area contributed by atoms with E-state index < -0.39 is 59.9 Å². The van der Waals surface area contributed by atoms with Crippen LogP contribution in [0.4, 0.5) is 4.79 Å². The van der Waals surface area contributed by atoms with Crippen LogP contribution in [0, 0.1) is 5.41 Å². The Morgan fingerprint density at radius 1 is 1.21 bits per heavy atom. The highest BCUT2D eigenvalue weighted by atomic mass is 32.2. The molecule has 1 aliphatic heterocycles. The number of carbonyl (C=O) groups is 5. The van der Waals surface area contributed by atoms with Gasteiger partial charge in [0.15, 0.2) is 0 Å². The second-order valence-corrected chi connectivity index (χ2v) is 9.48. The fourth-order valence-electron chi connectivity index (χ4n) is 3.13. The summed E-state index contributed by atoms with van der Waals surface area (Å²) in [7, 11) is 0. The summed E-state index contributed by atoms with van der Waals surface area (Å²) in [6, 6.07) is -3.73. The van der Waals surface area contributed by atoms with Crippen molar-refractivity contribution in [1.82, 2.24) is 15.5 Å². The number of hydrogen-bond acceptors (Lipinski definition) is 9. The van der Waals surface area contributed by atoms with Crippen LogP contribution in [-0.4, -0.2) is 87.7 Å². The summed E-state index contributed by atoms with van der Waals surface area (Å²) in [6.07, 6.45) is -0.769. The Hall–Kier alpha value is -3.03. The Labute approximate surface area is 202 Å². The summed E-state index contributed by atoms with van der Waals surface area (Å²) in [6.45, 7) is 6.94. The maximum absolute atomic E-state index is 13.1. The Morgan fingerprint density at radius 3 is 2.38 bits per heavy atom. The van der Waals surface area contributed by atoms with E-state index in [0.29, 0.717) is 6.42 Å². The fraction of sp³-hybridized carbons (Fsp3) is 0.700. The number of ether oxygens (including phenoxy) is 2. The molecule has 1 saturated heterocycles. The molecule has 14 heteroatoms. The van der Waals surface area contributed by atoms with Crippen LogP contribution in [0.2, 0.25) is 0 Å². The number of likely N-dealkylation sites (tertiary alicyclic amines) is 1. The first kappa shape index (κ1) is 29.0. The Morgan fingerprint density at radius 2 is 1.85 bits per heavy atom. The highest BCUT2D eigenvalue weighted by Crippen LogP contribution is 2.20. The number of primary amides is 1. The molecule has 0 aromatic rings. The lowest BCUT2D eigenvalue weighted by Gasteiger charge is -2.28. The van der Waals surface area contributed by atoms with Gasteiger partial charge in [0.25, 0.3) is 0 Å². The number of carbonyl (C=O) groups excluding carboxylic acids is 4. The van der Waals surface area contributed by atoms with E-state index >= 15 is 0 Å². The molecular weight excluding hydrogens is 470 g/mol. The van der Waals surface area contributed by atoms with Crippen molar-refractivity contribution in [3.8, 4) is 0 Å². The molecule has 0 saturated carbocycles. The Kier molecular flexibility index (Phi) is 11.1. The predicted octanol–water partition coefficient (Wildman–Crippen LogP) is 0.0200. The molecule has 1 rings (SSSR count). The highest BCUT2D eigenvalue weighted by molar-refractivity contribution is 8.13. The number of nitrogens with two attached hydrogens (primary N) is 1. The standard InChI is InChI=1S/C20H33N5O8S/c1-5-32-18(22)34-10-12(16(28)25-8-6-7-13(25)17(29)30)23-15(27)11(9-14(21)26)24-19(31)33-20(2,3)4/h11-13,22H,5-10H2,1-4H3,(H2,21,26)(H,23,27)(H,24,31)(H,29,30)/t11-,12-,13-/m0/s1. The molecule has 34 heavy (non-hydrogen) atoms. The van der Waals surface area contributed by atoms with E-state index in [-0.39, 0.29) is 30.6 Å². The minimum Gasteiger partial charge on any atom is -0.480 e. The fourth-order valence-corrected chi connectivity index (χ4v) is 3.87. The predicted molar refractivity (Wildman–Crippen MR) is 123 cm³/mol. The first-order valence-corrected chi connectivity index (χ1v) is 11.7. The van der Waals surface area contributed by atoms with Gasteiger partial charge in [-0.05, 0) is 40.5 Å². The van der Waals surface area contributed by atoms with Gasteiger partial charge in [-0.15, -0.1) is 0 Å². The van der Waals surface area contributed by atoms with Crippen molar-refractivity contribution in [2.24, 2.45) is 5.73 Å². The molecule has 6 N–H and O–H groups in total. The lowest BCUT2D eigenvalue weighted by Crippen LogP contribution is -2.57. The maximum atomic E-state index is 13.1. The number of amides is 4. The number of nitrogens with one attached hydrogen (secondary N) is 3. The number of rotatable bonds is 10. The first-order valence-electron chi connectivity index (χ1n) is 10.7. The zero-order valence-electron chi connectivity index (χ0n) is 19.7. The average Bonchev–Trinajstić information content (AvgIpc) is 3.18. The van der Waals surface area contributed by atoms with E-state index in [9.17, 15) is 29.1 Å². The highest BCUT2D eigenvalue weighted by Gasteiger charge is 2.38. The molecule has 0 radical (unpaired) electrons. The third kappa shape index (κ3) is 9.85. The smallest absolute Gasteiger partial charge is 0.408 e. The summed E-state index contributed by atoms with van der Waals surface area (Å²) in [5.41, 5.74) is 4.34. The number of nitrogens with zero attached hydrogens (tertiary/aromatic N) is 1. The molecule has 192 valence electrons. The number of carboxylic acid groups (broad SMARTS) is 1. The maximum Gasteiger partial charge on any atom is 0.408 e. The van der Waals surface area contributed by atoms with Gasteiger partial charge in [0.2, 0.25) is 23.0 Å². The minimum atomic E-state index is -1.44. The van der Waals surface area contributed by atoms with Crippen molar-refractivity contribution in [3.63, 3.8) is 0 Å². The first-order chi connectivity index (χ1) is 15.7. The molecule has 0 aromatic carbocycles. The van der Waals surface area contributed by atoms with E-state index in [1.54, 1.807) is 27.7 Å². The molecule has 13 nitrogen and oxygen atoms in total. The summed E-state index contributed by atoms with van der Waals surface area (Å²) >= 11 is 0.843. The third-order valence-electron chi connectivity index (χ3n) is 4.50. The topological polar surface area (TPSA) is 201 Å². The number of thioether (sulfide) groups is 1. The molecule has 0 aromatic heterocycles. The monoisotopic (exact) mass is 503 g/mol. The van der Waals surface area contributed by atoms with Gasteiger partial charge in [-0.25, -0.2) is 9.59 Å². The zero-order valence-corrected chi connectivity index (χ0v) is 20.5. The van der Waals surface area contributed by atoms with E-state index in [0.717, 1.165) is 16.7 Å². The molecule has 0 spiro atoms. The molecule has 0 aliphatic carbocycles. The van der Waals surface area contributed by atoms with Crippen LogP contribution >= 0.6 is 11.8 Å². The van der Waals surface area contributed by atoms with Crippen molar-refractivity contribution in [2.45, 2.75) is 70.7 Å². The van der Waals surface area contributed by atoms with Crippen LogP contribution < -0.4 is 16.4 Å². The van der Waals surface area contributed by atoms with Crippen LogP contribution in [-0.2, 0) is 28.7 Å². The summed E-state index contributed by atoms with van der Waals surface area (Å²) < 4.78 is 10.1. The number of alkyl carbamates (subject to hydrolysis) is 1. The molecule has 4 amide bonds. The van der Waals surface area contributed by atoms with Crippen molar-refractivity contribution >= 4 is 46.8 Å². The van der Waals surface area contributed by atoms with Gasteiger partial charge in [-0.1, -0.05) is 11.8 Å². The van der Waals surface area contributed by atoms with Crippen LogP contribution in [0.1, 0.15) is 47.0 Å². The normalized spacial score (nSPS) is 17.3. The summed E-state index contributed by atoms with van der Waals surface area (Å²) in [4.78, 5) is 62.4. The lowest BCUT2D eigenvalue weighted by molar-refractivity contribution is -0.149. The van der Waals surface area contributed by atoms with Gasteiger partial charge in [0.05, 0.1) is 13.0 Å². The molecule has 1 aliphatic rings. The molecule has 1 heterocycles. The Bertz CT molecular complexity index is 800. The van der Waals surface area contributed by atoms with Gasteiger partial charge < -0.3 is 35.8 Å². The van der Waals surface area contributed by atoms with E-state index in [4.69, 9.17) is 20.6 Å². The van der Waals surface area contributed by atoms with Gasteiger partial charge in [-0.2, -0.15) is 0 Å². The molecule has 1 fully saturated rings. The zero-order chi connectivity index (χ0) is 26.1. The molecular formula is C20H33N5O8S. The van der Waals surface area contributed by atoms with Crippen LogP contribution in [0.3, 0.4) is 0 Å². The van der Waals surface area contributed by atoms with Gasteiger partial charge in [0.1, 0.15) is 23.7 Å². The minimum absolute atomic E-state index is 0.137. The van der Waals surface area contributed by atoms with E-state index in [1.807, 2.05) is 0 Å². The molecule has 0 unspecified atom stereocenters. The number of carboxylic acids is 1. The van der Waals surface area contributed by atoms with Gasteiger partial charge >= 0.3 is 12.1 Å². The van der Waals surface area contributed by atoms with Crippen molar-refractivity contribution < 1.29 is 38.6 Å². The molecule has 0 bridgehead atoms. The largest absolute Gasteiger partial charge is 0.480 e. The SMILES string of the molecule is CCOC(=N)SC[C@H](NC(=O)[C@H](CC(N)=O)NC(=O)OC(C)(C)C)C(=O)N1CCC[C@H]1C(=O)O. The molecule has 3 atom stereocenters. The van der Waals surface area contributed by atoms with E-state index in [2.05, 4.69) is 10.6 Å². The van der Waals surface area contributed by atoms with E-state index in [1.165, 1.54) is 0 Å².